The van der Waals surface area contributed by atoms with Gasteiger partial charge < -0.3 is 29.1 Å². The zero-order valence-corrected chi connectivity index (χ0v) is 29.1. The highest BCUT2D eigenvalue weighted by Gasteiger charge is 2.40. The van der Waals surface area contributed by atoms with Gasteiger partial charge in [-0.2, -0.15) is 0 Å². The first-order chi connectivity index (χ1) is 22.6. The van der Waals surface area contributed by atoms with E-state index in [0.717, 1.165) is 11.1 Å². The largest absolute Gasteiger partial charge is 0.458 e. The maximum atomic E-state index is 14.5. The number of hydrogen-bond donors (Lipinski definition) is 0. The van der Waals surface area contributed by atoms with E-state index < -0.39 is 41.3 Å². The molecule has 0 aromatic heterocycles. The van der Waals surface area contributed by atoms with Crippen molar-refractivity contribution in [2.24, 2.45) is 0 Å². The third kappa shape index (κ3) is 10.3. The summed E-state index contributed by atoms with van der Waals surface area (Å²) in [6.07, 6.45) is 2.25. The van der Waals surface area contributed by atoms with Crippen LogP contribution in [0, 0.1) is 0 Å². The number of carbonyl (C=O) groups excluding carboxylic acids is 5. The lowest BCUT2D eigenvalue weighted by Gasteiger charge is -2.34. The second-order valence-electron chi connectivity index (χ2n) is 14.5. The summed E-state index contributed by atoms with van der Waals surface area (Å²) in [6.45, 7) is 11.1. The molecule has 2 aliphatic rings. The van der Waals surface area contributed by atoms with Crippen LogP contribution >= 0.6 is 0 Å². The van der Waals surface area contributed by atoms with Crippen molar-refractivity contribution in [2.75, 3.05) is 26.2 Å². The van der Waals surface area contributed by atoms with E-state index in [1.807, 2.05) is 60.7 Å². The number of rotatable bonds is 10. The maximum Gasteiger partial charge on any atom is 0.329 e. The molecule has 0 N–H and O–H groups in total. The number of likely N-dealkylation sites (tertiary alicyclic amines) is 2. The van der Waals surface area contributed by atoms with Crippen molar-refractivity contribution in [3.05, 3.63) is 71.8 Å². The van der Waals surface area contributed by atoms with Gasteiger partial charge in [0.05, 0.1) is 0 Å². The summed E-state index contributed by atoms with van der Waals surface area (Å²) >= 11 is 0. The zero-order chi connectivity index (χ0) is 35.1. The van der Waals surface area contributed by atoms with E-state index in [4.69, 9.17) is 9.47 Å². The maximum absolute atomic E-state index is 14.5. The second-order valence-corrected chi connectivity index (χ2v) is 14.5. The minimum absolute atomic E-state index is 0.111. The highest BCUT2D eigenvalue weighted by atomic mass is 16.6. The van der Waals surface area contributed by atoms with E-state index in [2.05, 4.69) is 0 Å². The molecule has 2 aromatic carbocycles. The van der Waals surface area contributed by atoms with Gasteiger partial charge in [-0.05, 0) is 78.4 Å². The highest BCUT2D eigenvalue weighted by molar-refractivity contribution is 5.91. The van der Waals surface area contributed by atoms with Crippen molar-refractivity contribution in [3.63, 3.8) is 0 Å². The molecule has 0 spiro atoms. The molecule has 2 saturated heterocycles. The molecule has 2 aliphatic heterocycles. The van der Waals surface area contributed by atoms with E-state index in [1.165, 1.54) is 19.6 Å². The van der Waals surface area contributed by atoms with Crippen LogP contribution in [0.4, 0.5) is 4.79 Å². The Bertz CT molecular complexity index is 1330. The van der Waals surface area contributed by atoms with Gasteiger partial charge >= 0.3 is 18.0 Å². The molecule has 11 nitrogen and oxygen atoms in total. The zero-order valence-electron chi connectivity index (χ0n) is 29.1. The number of ether oxygens (including phenoxy) is 2. The van der Waals surface area contributed by atoms with E-state index in [0.29, 0.717) is 38.8 Å². The normalized spacial score (nSPS) is 18.0. The van der Waals surface area contributed by atoms with Crippen molar-refractivity contribution < 1.29 is 33.4 Å². The van der Waals surface area contributed by atoms with Crippen LogP contribution < -0.4 is 0 Å². The fourth-order valence-corrected chi connectivity index (χ4v) is 6.06. The van der Waals surface area contributed by atoms with Crippen LogP contribution in [0.2, 0.25) is 0 Å². The van der Waals surface area contributed by atoms with Crippen molar-refractivity contribution >= 4 is 29.8 Å². The summed E-state index contributed by atoms with van der Waals surface area (Å²) < 4.78 is 11.2. The third-order valence-electron chi connectivity index (χ3n) is 8.13. The number of carbonyl (C=O) groups is 5. The number of nitrogens with zero attached hydrogens (tertiary/aromatic N) is 4. The van der Waals surface area contributed by atoms with Gasteiger partial charge in [0.1, 0.15) is 36.4 Å². The van der Waals surface area contributed by atoms with Gasteiger partial charge in [0.2, 0.25) is 11.8 Å². The van der Waals surface area contributed by atoms with E-state index in [1.54, 1.807) is 41.5 Å². The van der Waals surface area contributed by atoms with Gasteiger partial charge in [-0.1, -0.05) is 60.7 Å². The molecule has 48 heavy (non-hydrogen) atoms. The average Bonchev–Trinajstić information content (AvgIpc) is 3.70. The Kier molecular flexibility index (Phi) is 11.9. The quantitative estimate of drug-likeness (QED) is 0.337. The first kappa shape index (κ1) is 36.4. The van der Waals surface area contributed by atoms with Crippen LogP contribution in [-0.4, -0.2) is 98.8 Å². The molecule has 2 heterocycles. The molecule has 11 heteroatoms. The third-order valence-corrected chi connectivity index (χ3v) is 8.13. The summed E-state index contributed by atoms with van der Waals surface area (Å²) in [5, 5.41) is 0. The Morgan fingerprint density at radius 3 is 1.31 bits per heavy atom. The molecule has 0 aliphatic carbocycles. The van der Waals surface area contributed by atoms with Crippen LogP contribution in [0.25, 0.3) is 0 Å². The molecule has 0 saturated carbocycles. The van der Waals surface area contributed by atoms with Crippen molar-refractivity contribution in [1.82, 2.24) is 19.6 Å². The number of urea groups is 1. The molecule has 2 atom stereocenters. The van der Waals surface area contributed by atoms with Gasteiger partial charge in [-0.3, -0.25) is 9.59 Å². The Morgan fingerprint density at radius 1 is 0.625 bits per heavy atom. The predicted molar refractivity (Wildman–Crippen MR) is 180 cm³/mol. The highest BCUT2D eigenvalue weighted by Crippen LogP contribution is 2.24. The van der Waals surface area contributed by atoms with Gasteiger partial charge in [0, 0.05) is 26.2 Å². The Balaban J connectivity index is 1.59. The molecule has 4 amide bonds. The summed E-state index contributed by atoms with van der Waals surface area (Å²) in [4.78, 5) is 74.1. The number of esters is 2. The minimum Gasteiger partial charge on any atom is -0.458 e. The van der Waals surface area contributed by atoms with E-state index >= 15 is 0 Å². The molecular formula is C37H50N4O7. The fourth-order valence-electron chi connectivity index (χ4n) is 6.06. The van der Waals surface area contributed by atoms with Crippen LogP contribution in [-0.2, 0) is 41.7 Å². The standard InChI is InChI=1S/C37H50N4O7/c1-36(2,3)47-33(44)29-19-13-21-40(29)31(42)25-38(23-27-15-9-7-10-16-27)35(46)39(24-28-17-11-8-12-18-28)26-32(43)41-22-14-20-30(41)34(45)48-37(4,5)6/h7-12,15-18,29-30H,13-14,19-26H2,1-6H3/t29-,30-/m1/s1. The van der Waals surface area contributed by atoms with Crippen molar-refractivity contribution in [3.8, 4) is 0 Å². The minimum atomic E-state index is -0.729. The summed E-state index contributed by atoms with van der Waals surface area (Å²) in [6, 6.07) is 16.7. The Labute approximate surface area is 284 Å². The molecule has 2 fully saturated rings. The van der Waals surface area contributed by atoms with Crippen LogP contribution in [0.15, 0.2) is 60.7 Å². The topological polar surface area (TPSA) is 117 Å². The van der Waals surface area contributed by atoms with E-state index in [9.17, 15) is 24.0 Å². The average molecular weight is 663 g/mol. The number of benzene rings is 2. The second kappa shape index (κ2) is 15.7. The molecule has 260 valence electrons. The summed E-state index contributed by atoms with van der Waals surface area (Å²) in [5.74, 6) is -1.67. The monoisotopic (exact) mass is 662 g/mol. The summed E-state index contributed by atoms with van der Waals surface area (Å²) in [5.41, 5.74) is 0.205. The molecule has 2 aromatic rings. The van der Waals surface area contributed by atoms with Gasteiger partial charge in [-0.25, -0.2) is 14.4 Å². The molecule has 0 bridgehead atoms. The van der Waals surface area contributed by atoms with Gasteiger partial charge in [0.15, 0.2) is 0 Å². The number of amides is 4. The van der Waals surface area contributed by atoms with Crippen molar-refractivity contribution in [1.29, 1.82) is 0 Å². The fraction of sp³-hybridized carbons (Fsp3) is 0.541. The SMILES string of the molecule is CC(C)(C)OC(=O)[C@H]1CCCN1C(=O)CN(Cc1ccccc1)C(=O)N(CC(=O)N1CCC[C@@H]1C(=O)OC(C)(C)C)Cc1ccccc1. The van der Waals surface area contributed by atoms with Crippen LogP contribution in [0.1, 0.15) is 78.4 Å². The molecule has 0 unspecified atom stereocenters. The first-order valence-electron chi connectivity index (χ1n) is 16.8. The van der Waals surface area contributed by atoms with Gasteiger partial charge in [0.25, 0.3) is 0 Å². The van der Waals surface area contributed by atoms with Crippen LogP contribution in [0.5, 0.6) is 0 Å². The molecular weight excluding hydrogens is 612 g/mol. The first-order valence-corrected chi connectivity index (χ1v) is 16.8. The molecule has 4 rings (SSSR count). The molecule has 0 radical (unpaired) electrons. The van der Waals surface area contributed by atoms with Crippen LogP contribution in [0.3, 0.4) is 0 Å². The van der Waals surface area contributed by atoms with Gasteiger partial charge in [-0.15, -0.1) is 0 Å². The lowest BCUT2D eigenvalue weighted by Crippen LogP contribution is -2.53. The smallest absolute Gasteiger partial charge is 0.329 e. The Morgan fingerprint density at radius 2 is 0.979 bits per heavy atom. The summed E-state index contributed by atoms with van der Waals surface area (Å²) in [7, 11) is 0. The number of hydrogen-bond acceptors (Lipinski definition) is 7. The van der Waals surface area contributed by atoms with E-state index in [-0.39, 0.29) is 38.0 Å². The lowest BCUT2D eigenvalue weighted by atomic mass is 10.1. The lowest BCUT2D eigenvalue weighted by molar-refractivity contribution is -0.163. The predicted octanol–water partition coefficient (Wildman–Crippen LogP) is 4.78. The Hall–Kier alpha value is -4.41. The van der Waals surface area contributed by atoms with Crippen molar-refractivity contribution in [2.45, 2.75) is 104 Å².